The average Bonchev–Trinajstić information content (AvgIpc) is 2.29. The van der Waals surface area contributed by atoms with E-state index in [1.165, 1.54) is 0 Å². The summed E-state index contributed by atoms with van der Waals surface area (Å²) in [5.41, 5.74) is 0. The van der Waals surface area contributed by atoms with Gasteiger partial charge in [0.25, 0.3) is 0 Å². The topological polar surface area (TPSA) is 120 Å². The third-order valence-electron chi connectivity index (χ3n) is 2.49. The lowest BCUT2D eigenvalue weighted by atomic mass is 9.99. The van der Waals surface area contributed by atoms with Crippen molar-refractivity contribution in [3.8, 4) is 0 Å². The van der Waals surface area contributed by atoms with Crippen LogP contribution in [0.4, 0.5) is 0 Å². The Hall–Kier alpha value is 0.450. The minimum Gasteiger partial charge on any atom is -0.394 e. The van der Waals surface area contributed by atoms with Crippen molar-refractivity contribution in [1.82, 2.24) is 0 Å². The zero-order valence-corrected chi connectivity index (χ0v) is 11.2. The van der Waals surface area contributed by atoms with Crippen molar-refractivity contribution in [2.45, 2.75) is 41.2 Å². The monoisotopic (exact) mass is 364 g/mol. The van der Waals surface area contributed by atoms with Crippen LogP contribution in [0.3, 0.4) is 0 Å². The van der Waals surface area contributed by atoms with E-state index in [9.17, 15) is 15.3 Å². The van der Waals surface area contributed by atoms with Gasteiger partial charge < -0.3 is 35.0 Å². The molecule has 17 heavy (non-hydrogen) atoms. The number of alkyl halides is 1. The molecular weight excluding hydrogens is 347 g/mol. The lowest BCUT2D eigenvalue weighted by Gasteiger charge is -2.39. The molecular formula is C9H17IO7. The van der Waals surface area contributed by atoms with Gasteiger partial charge in [-0.15, -0.1) is 0 Å². The van der Waals surface area contributed by atoms with Gasteiger partial charge in [0.05, 0.1) is 13.2 Å². The smallest absolute Gasteiger partial charge is 0.186 e. The Morgan fingerprint density at radius 1 is 1.18 bits per heavy atom. The van der Waals surface area contributed by atoms with Crippen LogP contribution >= 0.6 is 22.6 Å². The second kappa shape index (κ2) is 7.14. The summed E-state index contributed by atoms with van der Waals surface area (Å²) < 4.78 is 9.66. The minimum absolute atomic E-state index is 0.132. The highest BCUT2D eigenvalue weighted by Gasteiger charge is 2.43. The van der Waals surface area contributed by atoms with Crippen molar-refractivity contribution in [2.24, 2.45) is 0 Å². The van der Waals surface area contributed by atoms with E-state index in [2.05, 4.69) is 0 Å². The summed E-state index contributed by atoms with van der Waals surface area (Å²) in [6, 6.07) is 0. The molecule has 3 unspecified atom stereocenters. The highest BCUT2D eigenvalue weighted by Crippen LogP contribution is 2.22. The number of halogens is 1. The Morgan fingerprint density at radius 2 is 1.82 bits per heavy atom. The van der Waals surface area contributed by atoms with Crippen molar-refractivity contribution in [1.29, 1.82) is 0 Å². The van der Waals surface area contributed by atoms with Gasteiger partial charge in [-0.3, -0.25) is 0 Å². The normalized spacial score (nSPS) is 40.2. The average molecular weight is 364 g/mol. The van der Waals surface area contributed by atoms with E-state index in [-0.39, 0.29) is 6.61 Å². The van der Waals surface area contributed by atoms with E-state index in [4.69, 9.17) is 19.7 Å². The second-order valence-electron chi connectivity index (χ2n) is 3.79. The molecule has 6 atom stereocenters. The minimum atomic E-state index is -1.43. The van der Waals surface area contributed by atoms with E-state index in [1.54, 1.807) is 22.6 Å². The van der Waals surface area contributed by atoms with Crippen LogP contribution in [0.2, 0.25) is 0 Å². The predicted octanol–water partition coefficient (Wildman–Crippen LogP) is -2.05. The maximum atomic E-state index is 9.58. The highest BCUT2D eigenvalue weighted by atomic mass is 127. The molecule has 1 rings (SSSR count). The standard InChI is InChI=1S/C9H17IO7/c10-5(12)1-2-16-9-8(15)7(14)6(13)4(3-11)17-9/h4-9,11-15H,1-3H2/t4?,5-,6+,7?,8?,9+/m0/s1. The summed E-state index contributed by atoms with van der Waals surface area (Å²) in [4.78, 5) is 0. The number of rotatable bonds is 5. The first-order valence-corrected chi connectivity index (χ1v) is 6.46. The first kappa shape index (κ1) is 15.5. The van der Waals surface area contributed by atoms with Crippen molar-refractivity contribution >= 4 is 22.6 Å². The fraction of sp³-hybridized carbons (Fsp3) is 1.00. The molecule has 5 N–H and O–H groups in total. The van der Waals surface area contributed by atoms with Gasteiger partial charge >= 0.3 is 0 Å². The molecule has 0 bridgehead atoms. The molecule has 0 aromatic carbocycles. The summed E-state index contributed by atoms with van der Waals surface area (Å²) in [6.45, 7) is -0.355. The molecule has 1 heterocycles. The molecule has 1 aliphatic heterocycles. The molecule has 0 aromatic rings. The third-order valence-corrected chi connectivity index (χ3v) is 3.11. The summed E-state index contributed by atoms with van der Waals surface area (Å²) in [5, 5.41) is 46.5. The zero-order valence-electron chi connectivity index (χ0n) is 9.02. The van der Waals surface area contributed by atoms with Crippen molar-refractivity contribution in [2.75, 3.05) is 13.2 Å². The summed E-state index contributed by atoms with van der Waals surface area (Å²) in [5.74, 6) is 0. The fourth-order valence-electron chi connectivity index (χ4n) is 1.49. The Morgan fingerprint density at radius 3 is 2.35 bits per heavy atom. The second-order valence-corrected chi connectivity index (χ2v) is 5.23. The molecule has 0 spiro atoms. The van der Waals surface area contributed by atoms with Crippen LogP contribution in [0, 0.1) is 0 Å². The van der Waals surface area contributed by atoms with Crippen molar-refractivity contribution < 1.29 is 35.0 Å². The number of aliphatic hydroxyl groups excluding tert-OH is 5. The number of aliphatic hydroxyl groups is 5. The summed E-state index contributed by atoms with van der Waals surface area (Å²) >= 11 is 1.80. The molecule has 0 aliphatic carbocycles. The van der Waals surface area contributed by atoms with Gasteiger partial charge in [0.15, 0.2) is 6.29 Å². The van der Waals surface area contributed by atoms with Gasteiger partial charge in [0.2, 0.25) is 0 Å². The molecule has 0 amide bonds. The van der Waals surface area contributed by atoms with Gasteiger partial charge in [0.1, 0.15) is 28.5 Å². The Balaban J connectivity index is 2.47. The molecule has 1 saturated heterocycles. The molecule has 0 aromatic heterocycles. The predicted molar refractivity (Wildman–Crippen MR) is 64.4 cm³/mol. The van der Waals surface area contributed by atoms with Gasteiger partial charge in [-0.2, -0.15) is 0 Å². The molecule has 7 nitrogen and oxygen atoms in total. The van der Waals surface area contributed by atoms with E-state index in [1.807, 2.05) is 0 Å². The molecule has 102 valence electrons. The Kier molecular flexibility index (Phi) is 6.51. The lowest BCUT2D eigenvalue weighted by Crippen LogP contribution is -2.59. The van der Waals surface area contributed by atoms with Gasteiger partial charge in [-0.25, -0.2) is 0 Å². The van der Waals surface area contributed by atoms with Crippen LogP contribution < -0.4 is 0 Å². The van der Waals surface area contributed by atoms with E-state index in [0.717, 1.165) is 0 Å². The SMILES string of the molecule is OCC1O[C@@H](OCC[C@H](O)I)C(O)C(O)[C@@H]1O. The lowest BCUT2D eigenvalue weighted by molar-refractivity contribution is -0.301. The summed E-state index contributed by atoms with van der Waals surface area (Å²) in [7, 11) is 0. The largest absolute Gasteiger partial charge is 0.394 e. The maximum absolute atomic E-state index is 9.58. The number of hydrogen-bond acceptors (Lipinski definition) is 7. The first-order chi connectivity index (χ1) is 7.97. The Bertz CT molecular complexity index is 225. The van der Waals surface area contributed by atoms with Crippen LogP contribution in [0.15, 0.2) is 0 Å². The number of hydrogen-bond donors (Lipinski definition) is 5. The van der Waals surface area contributed by atoms with Crippen LogP contribution in [0.1, 0.15) is 6.42 Å². The van der Waals surface area contributed by atoms with Crippen molar-refractivity contribution in [3.63, 3.8) is 0 Å². The highest BCUT2D eigenvalue weighted by molar-refractivity contribution is 14.1. The quantitative estimate of drug-likeness (QED) is 0.281. The van der Waals surface area contributed by atoms with Crippen LogP contribution in [0.5, 0.6) is 0 Å². The molecule has 0 saturated carbocycles. The molecule has 8 heteroatoms. The Labute approximate surface area is 112 Å². The van der Waals surface area contributed by atoms with Crippen LogP contribution in [-0.4, -0.2) is 73.6 Å². The van der Waals surface area contributed by atoms with Gasteiger partial charge in [-0.1, -0.05) is 22.6 Å². The number of ether oxygens (including phenoxy) is 2. The molecule has 1 fully saturated rings. The summed E-state index contributed by atoms with van der Waals surface area (Å²) in [6.07, 6.45) is -5.96. The van der Waals surface area contributed by atoms with Crippen molar-refractivity contribution in [3.05, 3.63) is 0 Å². The van der Waals surface area contributed by atoms with Crippen LogP contribution in [-0.2, 0) is 9.47 Å². The third kappa shape index (κ3) is 4.24. The van der Waals surface area contributed by atoms with E-state index >= 15 is 0 Å². The van der Waals surface area contributed by atoms with Gasteiger partial charge in [0, 0.05) is 6.42 Å². The fourth-order valence-corrected chi connectivity index (χ4v) is 1.74. The van der Waals surface area contributed by atoms with Crippen LogP contribution in [0.25, 0.3) is 0 Å². The zero-order chi connectivity index (χ0) is 13.0. The van der Waals surface area contributed by atoms with Gasteiger partial charge in [-0.05, 0) is 0 Å². The first-order valence-electron chi connectivity index (χ1n) is 5.21. The molecule has 0 radical (unpaired) electrons. The van der Waals surface area contributed by atoms with E-state index < -0.39 is 41.4 Å². The van der Waals surface area contributed by atoms with E-state index in [0.29, 0.717) is 6.42 Å². The maximum Gasteiger partial charge on any atom is 0.186 e. The molecule has 1 aliphatic rings.